The van der Waals surface area contributed by atoms with E-state index in [-0.39, 0.29) is 32.6 Å². The van der Waals surface area contributed by atoms with Crippen molar-refractivity contribution in [2.24, 2.45) is 5.73 Å². The highest BCUT2D eigenvalue weighted by Crippen LogP contribution is 2.43. The number of hydrogen-bond acceptors (Lipinski definition) is 8. The standard InChI is InChI=1S/C63H100NO8P/c1-3-5-7-9-11-13-15-17-19-21-22-23-24-25-26-27-28-29-30-31-32-33-34-35-36-37-38-40-42-44-46-48-50-52-54-56-63(66)72-61(60-71-73(67,68)70-58-57-64)59-69-62(65)55-53-51-49-47-45-43-41-39-20-18-16-14-12-10-8-6-4-2/h5-8,11-14,17-20,22-23,25-26,28-29,31-32,34-35,41,43,47,49,61H,3-4,9-10,15-16,21,24,27,30,33,36-40,42,44-46,48,50-60,64H2,1-2H3,(H,67,68)/b7-5-,8-6-,13-11-,14-12-,19-17-,20-18-,23-22-,26-25-,29-28-,32-31-,35-34-,43-41-,49-47-. The summed E-state index contributed by atoms with van der Waals surface area (Å²) in [6, 6.07) is 0. The lowest BCUT2D eigenvalue weighted by Crippen LogP contribution is -2.29. The molecule has 0 aromatic carbocycles. The lowest BCUT2D eigenvalue weighted by Gasteiger charge is -2.19. The van der Waals surface area contributed by atoms with Gasteiger partial charge in [-0.25, -0.2) is 4.57 Å². The summed E-state index contributed by atoms with van der Waals surface area (Å²) in [4.78, 5) is 35.1. The predicted molar refractivity (Wildman–Crippen MR) is 311 cm³/mol. The van der Waals surface area contributed by atoms with Gasteiger partial charge in [0, 0.05) is 19.4 Å². The molecule has 9 nitrogen and oxygen atoms in total. The number of rotatable bonds is 50. The minimum absolute atomic E-state index is 0.0365. The Hall–Kier alpha value is -4.37. The van der Waals surface area contributed by atoms with Gasteiger partial charge in [0.1, 0.15) is 6.61 Å². The zero-order valence-electron chi connectivity index (χ0n) is 45.5. The first-order valence-corrected chi connectivity index (χ1v) is 29.5. The molecule has 2 atom stereocenters. The summed E-state index contributed by atoms with van der Waals surface area (Å²) in [6.07, 6.45) is 83.0. The third-order valence-electron chi connectivity index (χ3n) is 10.9. The number of unbranched alkanes of at least 4 members (excludes halogenated alkanes) is 11. The van der Waals surface area contributed by atoms with Crippen molar-refractivity contribution in [3.8, 4) is 0 Å². The Labute approximate surface area is 445 Å². The number of carbonyl (C=O) groups is 2. The van der Waals surface area contributed by atoms with Crippen molar-refractivity contribution in [3.63, 3.8) is 0 Å². The number of esters is 2. The smallest absolute Gasteiger partial charge is 0.462 e. The van der Waals surface area contributed by atoms with Gasteiger partial charge >= 0.3 is 19.8 Å². The maximum atomic E-state index is 12.7. The molecule has 0 saturated heterocycles. The monoisotopic (exact) mass is 1030 g/mol. The van der Waals surface area contributed by atoms with Crippen LogP contribution >= 0.6 is 7.82 Å². The van der Waals surface area contributed by atoms with E-state index in [0.29, 0.717) is 12.8 Å². The van der Waals surface area contributed by atoms with E-state index in [1.54, 1.807) is 0 Å². The molecule has 0 aliphatic carbocycles. The van der Waals surface area contributed by atoms with Gasteiger partial charge < -0.3 is 20.1 Å². The van der Waals surface area contributed by atoms with Crippen molar-refractivity contribution in [1.82, 2.24) is 0 Å². The summed E-state index contributed by atoms with van der Waals surface area (Å²) in [5.74, 6) is -0.915. The number of nitrogens with two attached hydrogens (primary N) is 1. The fraction of sp³-hybridized carbons (Fsp3) is 0.556. The molecular formula is C63H100NO8P. The van der Waals surface area contributed by atoms with Gasteiger partial charge in [-0.1, -0.05) is 223 Å². The van der Waals surface area contributed by atoms with Crippen LogP contribution in [0.25, 0.3) is 0 Å². The molecule has 0 heterocycles. The topological polar surface area (TPSA) is 134 Å². The van der Waals surface area contributed by atoms with Crippen molar-refractivity contribution >= 4 is 19.8 Å². The summed E-state index contributed by atoms with van der Waals surface area (Å²) in [5.41, 5.74) is 5.37. The van der Waals surface area contributed by atoms with Crippen LogP contribution in [0.5, 0.6) is 0 Å². The van der Waals surface area contributed by atoms with Crippen LogP contribution in [0, 0.1) is 0 Å². The maximum absolute atomic E-state index is 12.7. The van der Waals surface area contributed by atoms with Crippen LogP contribution in [0.4, 0.5) is 0 Å². The van der Waals surface area contributed by atoms with Crippen LogP contribution in [0.15, 0.2) is 158 Å². The van der Waals surface area contributed by atoms with Gasteiger partial charge in [0.2, 0.25) is 0 Å². The molecule has 410 valence electrons. The second kappa shape index (κ2) is 56.9. The molecular weight excluding hydrogens is 930 g/mol. The number of carbonyl (C=O) groups excluding carboxylic acids is 2. The predicted octanol–water partition coefficient (Wildman–Crippen LogP) is 17.7. The molecule has 0 bridgehead atoms. The first-order chi connectivity index (χ1) is 35.8. The molecule has 73 heavy (non-hydrogen) atoms. The second-order valence-electron chi connectivity index (χ2n) is 17.7. The molecule has 0 radical (unpaired) electrons. The molecule has 0 aliphatic heterocycles. The molecule has 2 unspecified atom stereocenters. The second-order valence-corrected chi connectivity index (χ2v) is 19.1. The van der Waals surface area contributed by atoms with E-state index in [1.807, 2.05) is 6.08 Å². The minimum atomic E-state index is -4.41. The van der Waals surface area contributed by atoms with Gasteiger partial charge in [-0.2, -0.15) is 0 Å². The Kier molecular flexibility index (Phi) is 53.5. The molecule has 3 N–H and O–H groups in total. The van der Waals surface area contributed by atoms with E-state index in [2.05, 4.69) is 166 Å². The van der Waals surface area contributed by atoms with E-state index in [0.717, 1.165) is 116 Å². The van der Waals surface area contributed by atoms with Crippen LogP contribution in [-0.4, -0.2) is 49.3 Å². The van der Waals surface area contributed by atoms with Crippen LogP contribution in [0.2, 0.25) is 0 Å². The van der Waals surface area contributed by atoms with Crippen LogP contribution in [0.1, 0.15) is 194 Å². The molecule has 0 spiro atoms. The van der Waals surface area contributed by atoms with Crippen molar-refractivity contribution in [2.75, 3.05) is 26.4 Å². The lowest BCUT2D eigenvalue weighted by atomic mass is 10.0. The fourth-order valence-electron chi connectivity index (χ4n) is 6.86. The zero-order valence-corrected chi connectivity index (χ0v) is 46.4. The number of phosphoric acid groups is 1. The average Bonchev–Trinajstić information content (AvgIpc) is 3.38. The third kappa shape index (κ3) is 56.8. The molecule has 0 aromatic heterocycles. The SMILES string of the molecule is CC/C=C\C/C=C\C/C=C\C/C=C\C/C=C\C/C=C\C/C=C\C/C=C\CCCCCCCCCCCCC(=O)OC(COC(=O)CCC/C=C\C/C=C\C/C=C\C/C=C\C/C=C\CC)COP(=O)(O)OCCN. The molecule has 0 fully saturated rings. The van der Waals surface area contributed by atoms with Gasteiger partial charge in [0.25, 0.3) is 0 Å². The first kappa shape index (κ1) is 68.6. The number of hydrogen-bond donors (Lipinski definition) is 2. The van der Waals surface area contributed by atoms with E-state index in [9.17, 15) is 19.0 Å². The fourth-order valence-corrected chi connectivity index (χ4v) is 7.63. The van der Waals surface area contributed by atoms with Crippen LogP contribution in [0.3, 0.4) is 0 Å². The highest BCUT2D eigenvalue weighted by atomic mass is 31.2. The van der Waals surface area contributed by atoms with E-state index < -0.39 is 32.5 Å². The van der Waals surface area contributed by atoms with Crippen molar-refractivity contribution in [3.05, 3.63) is 158 Å². The summed E-state index contributed by atoms with van der Waals surface area (Å²) in [7, 11) is -4.41. The largest absolute Gasteiger partial charge is 0.472 e. The molecule has 10 heteroatoms. The van der Waals surface area contributed by atoms with Gasteiger partial charge in [0.15, 0.2) is 6.10 Å². The van der Waals surface area contributed by atoms with Gasteiger partial charge in [-0.05, 0) is 116 Å². The Morgan fingerprint density at radius 1 is 0.411 bits per heavy atom. The van der Waals surface area contributed by atoms with Crippen molar-refractivity contribution in [2.45, 2.75) is 200 Å². The molecule has 0 aliphatic rings. The van der Waals surface area contributed by atoms with Gasteiger partial charge in [-0.15, -0.1) is 0 Å². The number of phosphoric ester groups is 1. The number of ether oxygens (including phenoxy) is 2. The van der Waals surface area contributed by atoms with Crippen molar-refractivity contribution in [1.29, 1.82) is 0 Å². The van der Waals surface area contributed by atoms with E-state index in [4.69, 9.17) is 24.3 Å². The van der Waals surface area contributed by atoms with Crippen molar-refractivity contribution < 1.29 is 37.6 Å². The molecule has 0 saturated carbocycles. The molecule has 0 aromatic rings. The minimum Gasteiger partial charge on any atom is -0.462 e. The normalized spacial score (nSPS) is 14.3. The van der Waals surface area contributed by atoms with E-state index >= 15 is 0 Å². The van der Waals surface area contributed by atoms with E-state index in [1.165, 1.54) is 38.5 Å². The Bertz CT molecular complexity index is 1740. The Morgan fingerprint density at radius 3 is 1.10 bits per heavy atom. The first-order valence-electron chi connectivity index (χ1n) is 28.0. The van der Waals surface area contributed by atoms with Gasteiger partial charge in [0.05, 0.1) is 13.2 Å². The lowest BCUT2D eigenvalue weighted by molar-refractivity contribution is -0.161. The third-order valence-corrected chi connectivity index (χ3v) is 11.9. The molecule has 0 amide bonds. The van der Waals surface area contributed by atoms with Crippen LogP contribution in [-0.2, 0) is 32.7 Å². The maximum Gasteiger partial charge on any atom is 0.472 e. The number of allylic oxidation sites excluding steroid dienone is 26. The van der Waals surface area contributed by atoms with Crippen LogP contribution < -0.4 is 5.73 Å². The van der Waals surface area contributed by atoms with Gasteiger partial charge in [-0.3, -0.25) is 18.6 Å². The highest BCUT2D eigenvalue weighted by Gasteiger charge is 2.26. The summed E-state index contributed by atoms with van der Waals surface area (Å²) >= 11 is 0. The molecule has 0 rings (SSSR count). The highest BCUT2D eigenvalue weighted by molar-refractivity contribution is 7.47. The Morgan fingerprint density at radius 2 is 0.726 bits per heavy atom. The summed E-state index contributed by atoms with van der Waals surface area (Å²) in [5, 5.41) is 0. The summed E-state index contributed by atoms with van der Waals surface area (Å²) < 4.78 is 32.9. The zero-order chi connectivity index (χ0) is 53.1. The summed E-state index contributed by atoms with van der Waals surface area (Å²) in [6.45, 7) is 3.41. The quantitative estimate of drug-likeness (QED) is 0.0264. The average molecular weight is 1030 g/mol. The Balaban J connectivity index is 4.07.